The van der Waals surface area contributed by atoms with E-state index in [1.165, 1.54) is 0 Å². The molecule has 0 radical (unpaired) electrons. The third-order valence-electron chi connectivity index (χ3n) is 15.2. The molecule has 0 aromatic heterocycles. The van der Waals surface area contributed by atoms with E-state index in [1.54, 1.807) is 0 Å². The van der Waals surface area contributed by atoms with Gasteiger partial charge < -0.3 is 25.2 Å². The largest absolute Gasteiger partial charge is 0.507 e. The Labute approximate surface area is 453 Å². The number of phenols is 4. The van der Waals surface area contributed by atoms with Gasteiger partial charge in [-0.3, -0.25) is 0 Å². The van der Waals surface area contributed by atoms with Gasteiger partial charge in [0.1, 0.15) is 34.5 Å². The van der Waals surface area contributed by atoms with Crippen molar-refractivity contribution < 1.29 is 25.2 Å². The molecule has 5 nitrogen and oxygen atoms in total. The van der Waals surface area contributed by atoms with E-state index in [0.29, 0.717) is 33.8 Å². The van der Waals surface area contributed by atoms with Gasteiger partial charge in [-0.15, -0.1) is 0 Å². The zero-order valence-corrected chi connectivity index (χ0v) is 50.6. The minimum Gasteiger partial charge on any atom is -0.507 e. The van der Waals surface area contributed by atoms with E-state index in [-0.39, 0.29) is 44.7 Å². The summed E-state index contributed by atoms with van der Waals surface area (Å²) in [7, 11) is 0. The van der Waals surface area contributed by atoms with Gasteiger partial charge in [-0.05, 0) is 100.0 Å². The Balaban J connectivity index is 1.80. The highest BCUT2D eigenvalue weighted by molar-refractivity contribution is 5.66. The van der Waals surface area contributed by atoms with Crippen molar-refractivity contribution >= 4 is 0 Å². The molecule has 0 aliphatic carbocycles. The second kappa shape index (κ2) is 19.7. The van der Waals surface area contributed by atoms with Crippen molar-refractivity contribution in [1.82, 2.24) is 0 Å². The van der Waals surface area contributed by atoms with E-state index in [0.717, 1.165) is 55.6 Å². The molecule has 0 unspecified atom stereocenters. The summed E-state index contributed by atoms with van der Waals surface area (Å²) in [6, 6.07) is 33.1. The third kappa shape index (κ3) is 12.3. The fourth-order valence-corrected chi connectivity index (χ4v) is 10.3. The molecule has 0 heterocycles. The summed E-state index contributed by atoms with van der Waals surface area (Å²) in [5.41, 5.74) is 8.94. The molecular formula is C70H94O5. The number of rotatable bonds is 8. The molecular weight excluding hydrogens is 921 g/mol. The molecule has 6 rings (SSSR count). The first-order valence-electron chi connectivity index (χ1n) is 27.3. The maximum atomic E-state index is 12.9. The summed E-state index contributed by atoms with van der Waals surface area (Å²) in [4.78, 5) is 0. The highest BCUT2D eigenvalue weighted by atomic mass is 16.5. The van der Waals surface area contributed by atoms with Crippen LogP contribution in [0.1, 0.15) is 256 Å². The first kappa shape index (κ1) is 58.6. The normalized spacial score (nSPS) is 13.5. The van der Waals surface area contributed by atoms with Crippen molar-refractivity contribution in [1.29, 1.82) is 0 Å². The zero-order valence-electron chi connectivity index (χ0n) is 50.6. The highest BCUT2D eigenvalue weighted by Gasteiger charge is 2.38. The number of phenolic OH excluding ortho intramolecular Hbond substituents is 4. The van der Waals surface area contributed by atoms with Gasteiger partial charge >= 0.3 is 0 Å². The maximum Gasteiger partial charge on any atom is 0.131 e. The lowest BCUT2D eigenvalue weighted by Crippen LogP contribution is -2.21. The Hall–Kier alpha value is -5.68. The van der Waals surface area contributed by atoms with Crippen LogP contribution in [0.15, 0.2) is 97.1 Å². The quantitative estimate of drug-likeness (QED) is 0.114. The van der Waals surface area contributed by atoms with Crippen LogP contribution >= 0.6 is 0 Å². The van der Waals surface area contributed by atoms with Gasteiger partial charge in [-0.25, -0.2) is 0 Å². The molecule has 6 aromatic carbocycles. The van der Waals surface area contributed by atoms with Gasteiger partial charge in [-0.1, -0.05) is 251 Å². The minimum atomic E-state index is -0.709. The average Bonchev–Trinajstić information content (AvgIpc) is 3.23. The Morgan fingerprint density at radius 1 is 0.267 bits per heavy atom. The van der Waals surface area contributed by atoms with Crippen LogP contribution in [0.25, 0.3) is 0 Å². The van der Waals surface area contributed by atoms with Crippen molar-refractivity contribution in [3.63, 3.8) is 0 Å². The van der Waals surface area contributed by atoms with Crippen molar-refractivity contribution in [2.75, 3.05) is 0 Å². The molecule has 5 heteroatoms. The second-order valence-electron chi connectivity index (χ2n) is 29.9. The number of para-hydroxylation sites is 2. The van der Waals surface area contributed by atoms with Gasteiger partial charge in [0.05, 0.1) is 0 Å². The Morgan fingerprint density at radius 3 is 0.653 bits per heavy atom. The third-order valence-corrected chi connectivity index (χ3v) is 15.2. The Bertz CT molecular complexity index is 2700. The molecule has 6 aromatic rings. The maximum absolute atomic E-state index is 12.9. The molecule has 404 valence electrons. The lowest BCUT2D eigenvalue weighted by Gasteiger charge is -2.34. The summed E-state index contributed by atoms with van der Waals surface area (Å²) in [6.45, 7) is 51.9. The van der Waals surface area contributed by atoms with Gasteiger partial charge in [0, 0.05) is 45.2 Å². The van der Waals surface area contributed by atoms with Crippen LogP contribution < -0.4 is 4.74 Å². The molecule has 0 bridgehead atoms. The van der Waals surface area contributed by atoms with Crippen LogP contribution in [0.2, 0.25) is 0 Å². The predicted octanol–water partition coefficient (Wildman–Crippen LogP) is 19.0. The van der Waals surface area contributed by atoms with Crippen molar-refractivity contribution in [2.45, 2.75) is 221 Å². The minimum absolute atomic E-state index is 0.182. The standard InChI is InChI=1S/C70H94O5/c1-63(2,3)41-33-47(59(71)51(37-41)67(13,14)15)57(48-34-42(64(4,5)6)38-52(60(48)72)68(16,17)18)45-29-25-27-31-55(45)75-56-32-28-26-30-46(56)58(49-35-43(65(7,8)9)39-53(61(49)73)69(19,20)21)50-36-44(66(10,11)12)40-54(62(50)74)70(22,23)24/h25-40,57-58,71-74H,1-24H3. The first-order valence-corrected chi connectivity index (χ1v) is 27.3. The average molecular weight is 1020 g/mol. The first-order chi connectivity index (χ1) is 33.9. The smallest absolute Gasteiger partial charge is 0.131 e. The van der Waals surface area contributed by atoms with Gasteiger partial charge in [0.15, 0.2) is 0 Å². The number of ether oxygens (including phenoxy) is 1. The molecule has 0 amide bonds. The van der Waals surface area contributed by atoms with E-state index in [2.05, 4.69) is 227 Å². The molecule has 75 heavy (non-hydrogen) atoms. The van der Waals surface area contributed by atoms with Crippen molar-refractivity contribution in [2.24, 2.45) is 0 Å². The number of benzene rings is 6. The van der Waals surface area contributed by atoms with Gasteiger partial charge in [0.2, 0.25) is 0 Å². The number of hydrogen-bond donors (Lipinski definition) is 4. The summed E-state index contributed by atoms with van der Waals surface area (Å²) >= 11 is 0. The van der Waals surface area contributed by atoms with Crippen LogP contribution in [-0.2, 0) is 43.3 Å². The number of hydrogen-bond acceptors (Lipinski definition) is 5. The fourth-order valence-electron chi connectivity index (χ4n) is 10.3. The molecule has 0 saturated carbocycles. The van der Waals surface area contributed by atoms with Crippen molar-refractivity contribution in [3.05, 3.63) is 175 Å². The summed E-state index contributed by atoms with van der Waals surface area (Å²) in [5, 5.41) is 51.6. The lowest BCUT2D eigenvalue weighted by molar-refractivity contribution is 0.426. The fraction of sp³-hybridized carbons (Fsp3) is 0.486. The molecule has 0 spiro atoms. The molecule has 0 atom stereocenters. The topological polar surface area (TPSA) is 90.2 Å². The van der Waals surface area contributed by atoms with Crippen LogP contribution in [0.4, 0.5) is 0 Å². The van der Waals surface area contributed by atoms with Crippen molar-refractivity contribution in [3.8, 4) is 34.5 Å². The van der Waals surface area contributed by atoms with E-state index in [9.17, 15) is 20.4 Å². The van der Waals surface area contributed by atoms with Crippen LogP contribution in [0.3, 0.4) is 0 Å². The van der Waals surface area contributed by atoms with Crippen LogP contribution in [-0.4, -0.2) is 20.4 Å². The highest BCUT2D eigenvalue weighted by Crippen LogP contribution is 2.54. The van der Waals surface area contributed by atoms with E-state index < -0.39 is 33.5 Å². The van der Waals surface area contributed by atoms with Gasteiger partial charge in [0.25, 0.3) is 0 Å². The van der Waals surface area contributed by atoms with E-state index in [1.807, 2.05) is 36.4 Å². The lowest BCUT2D eigenvalue weighted by atomic mass is 9.72. The van der Waals surface area contributed by atoms with Gasteiger partial charge in [-0.2, -0.15) is 0 Å². The van der Waals surface area contributed by atoms with Crippen LogP contribution in [0.5, 0.6) is 34.5 Å². The summed E-state index contributed by atoms with van der Waals surface area (Å²) in [6.07, 6.45) is 0. The molecule has 0 fully saturated rings. The SMILES string of the molecule is CC(C)(C)c1cc(C(c2ccccc2Oc2ccccc2C(c2cc(C(C)(C)C)cc(C(C)(C)C)c2O)c2cc(C(C)(C)C)cc(C(C)(C)C)c2O)c2cc(C(C)(C)C)cc(C(C)(C)C)c2O)c(O)c(C(C)(C)C)c1. The Morgan fingerprint density at radius 2 is 0.467 bits per heavy atom. The predicted molar refractivity (Wildman–Crippen MR) is 317 cm³/mol. The summed E-state index contributed by atoms with van der Waals surface area (Å²) in [5.74, 6) is 0.385. The molecule has 4 N–H and O–H groups in total. The monoisotopic (exact) mass is 1010 g/mol. The van der Waals surface area contributed by atoms with E-state index in [4.69, 9.17) is 4.74 Å². The number of aromatic hydroxyl groups is 4. The second-order valence-corrected chi connectivity index (χ2v) is 29.9. The Kier molecular flexibility index (Phi) is 15.4. The van der Waals surface area contributed by atoms with E-state index >= 15 is 0 Å². The van der Waals surface area contributed by atoms with Crippen LogP contribution in [0, 0.1) is 0 Å². The summed E-state index contributed by atoms with van der Waals surface area (Å²) < 4.78 is 7.50. The molecule has 0 saturated heterocycles. The zero-order chi connectivity index (χ0) is 56.7. The molecule has 0 aliphatic heterocycles. The molecule has 0 aliphatic rings.